The normalized spacial score (nSPS) is 10.4. The van der Waals surface area contributed by atoms with Crippen molar-refractivity contribution >= 4 is 29.4 Å². The highest BCUT2D eigenvalue weighted by atomic mass is 35.5. The van der Waals surface area contributed by atoms with Crippen molar-refractivity contribution in [3.05, 3.63) is 58.6 Å². The van der Waals surface area contributed by atoms with E-state index in [2.05, 4.69) is 0 Å². The van der Waals surface area contributed by atoms with Crippen molar-refractivity contribution < 1.29 is 5.02 Å². The molecule has 0 spiro atoms. The molecule has 0 radical (unpaired) electrons. The zero-order valence-electron chi connectivity index (χ0n) is 9.94. The summed E-state index contributed by atoms with van der Waals surface area (Å²) >= 11 is 5.97. The third-order valence-electron chi connectivity index (χ3n) is 2.89. The van der Waals surface area contributed by atoms with Crippen LogP contribution < -0.4 is 10.9 Å². The summed E-state index contributed by atoms with van der Waals surface area (Å²) in [5.74, 6) is 0. The first-order valence-electron chi connectivity index (χ1n) is 5.58. The van der Waals surface area contributed by atoms with Gasteiger partial charge in [-0.05, 0) is 36.4 Å². The summed E-state index contributed by atoms with van der Waals surface area (Å²) in [7, 11) is 0. The Morgan fingerprint density at radius 1 is 0.941 bits per heavy atom. The van der Waals surface area contributed by atoms with E-state index in [0.29, 0.717) is 0 Å². The molecule has 0 aliphatic rings. The number of hydrogen-bond acceptors (Lipinski definition) is 1. The van der Waals surface area contributed by atoms with Crippen molar-refractivity contribution in [3.63, 3.8) is 0 Å². The van der Waals surface area contributed by atoms with Gasteiger partial charge in [0, 0.05) is 5.02 Å². The van der Waals surface area contributed by atoms with Crippen molar-refractivity contribution in [2.24, 2.45) is 0 Å². The maximum absolute atomic E-state index is 10.3. The molecule has 0 aliphatic carbocycles. The molecule has 0 bridgehead atoms. The van der Waals surface area contributed by atoms with E-state index in [-0.39, 0.29) is 0 Å². The molecule has 0 heterocycles. The summed E-state index contributed by atoms with van der Waals surface area (Å²) in [6.07, 6.45) is 0. The van der Waals surface area contributed by atoms with Crippen molar-refractivity contribution in [3.8, 4) is 0 Å². The fourth-order valence-electron chi connectivity index (χ4n) is 1.78. The summed E-state index contributed by atoms with van der Waals surface area (Å²) in [5.41, 5.74) is 3.94. The van der Waals surface area contributed by atoms with E-state index in [4.69, 9.17) is 11.6 Å². The number of aryl methyl sites for hydroxylation is 2. The second kappa shape index (κ2) is 4.95. The highest BCUT2D eigenvalue weighted by Crippen LogP contribution is 2.12. The third-order valence-corrected chi connectivity index (χ3v) is 3.31. The van der Waals surface area contributed by atoms with Crippen LogP contribution >= 0.6 is 11.6 Å². The molecule has 17 heavy (non-hydrogen) atoms. The van der Waals surface area contributed by atoms with Crippen LogP contribution in [0.4, 0.5) is 0 Å². The summed E-state index contributed by atoms with van der Waals surface area (Å²) in [6, 6.07) is 13.5. The van der Waals surface area contributed by atoms with Gasteiger partial charge in [-0.2, -0.15) is 0 Å². The van der Waals surface area contributed by atoms with E-state index in [1.807, 2.05) is 56.3 Å². The van der Waals surface area contributed by atoms with Gasteiger partial charge in [0.1, 0.15) is 0 Å². The molecule has 0 amide bonds. The summed E-state index contributed by atoms with van der Waals surface area (Å²) < 4.78 is 0. The molecule has 2 aromatic rings. The van der Waals surface area contributed by atoms with Crippen LogP contribution in [0.2, 0.25) is 5.02 Å². The van der Waals surface area contributed by atoms with Gasteiger partial charge in [0.25, 0.3) is 0 Å². The maximum atomic E-state index is 10.3. The van der Waals surface area contributed by atoms with E-state index in [1.165, 1.54) is 5.56 Å². The number of hydrogen-bond donors (Lipinski definition) is 1. The quantitative estimate of drug-likeness (QED) is 0.802. The minimum Gasteiger partial charge on any atom is -0.443 e. The summed E-state index contributed by atoms with van der Waals surface area (Å²) in [5, 5.41) is 11.0. The van der Waals surface area contributed by atoms with Crippen molar-refractivity contribution in [1.29, 1.82) is 0 Å². The van der Waals surface area contributed by atoms with Gasteiger partial charge in [-0.1, -0.05) is 53.6 Å². The van der Waals surface area contributed by atoms with Crippen LogP contribution in [0.5, 0.6) is 0 Å². The lowest BCUT2D eigenvalue weighted by atomic mass is 9.56. The summed E-state index contributed by atoms with van der Waals surface area (Å²) in [4.78, 5) is 0. The van der Waals surface area contributed by atoms with Gasteiger partial charge in [0.2, 0.25) is 0 Å². The fraction of sp³-hybridized carbons (Fsp3) is 0.143. The van der Waals surface area contributed by atoms with E-state index < -0.39 is 6.92 Å². The van der Waals surface area contributed by atoms with Crippen LogP contribution in [0.15, 0.2) is 42.5 Å². The van der Waals surface area contributed by atoms with Gasteiger partial charge in [0.15, 0.2) is 0 Å². The first-order chi connectivity index (χ1) is 8.08. The molecular weight excluding hydrogens is 230 g/mol. The van der Waals surface area contributed by atoms with Crippen LogP contribution in [0.3, 0.4) is 0 Å². The highest BCUT2D eigenvalue weighted by Gasteiger charge is 2.17. The van der Waals surface area contributed by atoms with Crippen molar-refractivity contribution in [2.45, 2.75) is 13.8 Å². The van der Waals surface area contributed by atoms with E-state index >= 15 is 0 Å². The molecular formula is C14H14BClO. The lowest BCUT2D eigenvalue weighted by Gasteiger charge is -2.09. The molecule has 86 valence electrons. The number of halogens is 1. The maximum Gasteiger partial charge on any atom is 0.358 e. The second-order valence-electron chi connectivity index (χ2n) is 4.32. The SMILES string of the molecule is Cc1ccc(B(O)c2ccc(Cl)c(C)c2)cc1. The monoisotopic (exact) mass is 244 g/mol. The second-order valence-corrected chi connectivity index (χ2v) is 4.73. The Bertz CT molecular complexity index is 522. The van der Waals surface area contributed by atoms with E-state index in [9.17, 15) is 5.02 Å². The van der Waals surface area contributed by atoms with Gasteiger partial charge in [0.05, 0.1) is 0 Å². The van der Waals surface area contributed by atoms with Crippen LogP contribution in [0, 0.1) is 13.8 Å². The van der Waals surface area contributed by atoms with E-state index in [1.54, 1.807) is 0 Å². The zero-order chi connectivity index (χ0) is 12.4. The lowest BCUT2D eigenvalue weighted by molar-refractivity contribution is 0.600. The minimum absolute atomic E-state index is 0.591. The number of benzene rings is 2. The van der Waals surface area contributed by atoms with Gasteiger partial charge in [-0.15, -0.1) is 0 Å². The zero-order valence-corrected chi connectivity index (χ0v) is 10.7. The molecule has 0 aliphatic heterocycles. The predicted octanol–water partition coefficient (Wildman–Crippen LogP) is 2.05. The Morgan fingerprint density at radius 3 is 2.12 bits per heavy atom. The molecule has 2 aromatic carbocycles. The molecule has 3 heteroatoms. The first-order valence-corrected chi connectivity index (χ1v) is 5.96. The molecule has 1 N–H and O–H groups in total. The average molecular weight is 245 g/mol. The van der Waals surface area contributed by atoms with Crippen molar-refractivity contribution in [2.75, 3.05) is 0 Å². The molecule has 2 rings (SSSR count). The molecule has 0 atom stereocenters. The Morgan fingerprint density at radius 2 is 1.53 bits per heavy atom. The van der Waals surface area contributed by atoms with Gasteiger partial charge in [-0.25, -0.2) is 0 Å². The van der Waals surface area contributed by atoms with Gasteiger partial charge < -0.3 is 5.02 Å². The topological polar surface area (TPSA) is 20.2 Å². The average Bonchev–Trinajstić information content (AvgIpc) is 2.33. The standard InChI is InChI=1S/C14H14BClO/c1-10-3-5-12(6-4-10)15(17)13-7-8-14(16)11(2)9-13/h3-9,17H,1-2H3. The Hall–Kier alpha value is -1.25. The van der Waals surface area contributed by atoms with Gasteiger partial charge >= 0.3 is 6.92 Å². The van der Waals surface area contributed by atoms with Crippen molar-refractivity contribution in [1.82, 2.24) is 0 Å². The van der Waals surface area contributed by atoms with Crippen LogP contribution in [-0.4, -0.2) is 11.9 Å². The Labute approximate surface area is 107 Å². The largest absolute Gasteiger partial charge is 0.443 e. The van der Waals surface area contributed by atoms with Crippen LogP contribution in [-0.2, 0) is 0 Å². The van der Waals surface area contributed by atoms with E-state index in [0.717, 1.165) is 21.5 Å². The molecule has 0 aromatic heterocycles. The third kappa shape index (κ3) is 2.71. The van der Waals surface area contributed by atoms with Crippen LogP contribution in [0.25, 0.3) is 0 Å². The molecule has 0 saturated heterocycles. The van der Waals surface area contributed by atoms with Gasteiger partial charge in [-0.3, -0.25) is 0 Å². The lowest BCUT2D eigenvalue weighted by Crippen LogP contribution is -2.42. The molecule has 0 saturated carbocycles. The predicted molar refractivity (Wildman–Crippen MR) is 74.6 cm³/mol. The molecule has 0 fully saturated rings. The Balaban J connectivity index is 2.33. The fourth-order valence-corrected chi connectivity index (χ4v) is 1.90. The van der Waals surface area contributed by atoms with Crippen LogP contribution in [0.1, 0.15) is 11.1 Å². The smallest absolute Gasteiger partial charge is 0.358 e. The minimum atomic E-state index is -0.591. The Kier molecular flexibility index (Phi) is 3.56. The molecule has 0 unspecified atom stereocenters. The summed E-state index contributed by atoms with van der Waals surface area (Å²) in [6.45, 7) is 3.38. The number of rotatable bonds is 2. The molecule has 1 nitrogen and oxygen atoms in total. The first kappa shape index (κ1) is 12.2. The highest BCUT2D eigenvalue weighted by molar-refractivity contribution is 6.78.